The number of rotatable bonds is 8. The first-order valence-corrected chi connectivity index (χ1v) is 13.2. The molecule has 0 spiro atoms. The Morgan fingerprint density at radius 2 is 1.94 bits per heavy atom. The summed E-state index contributed by atoms with van der Waals surface area (Å²) in [5, 5.41) is 16.8. The predicted molar refractivity (Wildman–Crippen MR) is 126 cm³/mol. The summed E-state index contributed by atoms with van der Waals surface area (Å²) in [6.07, 6.45) is 7.36. The molecule has 1 aliphatic carbocycles. The molecule has 0 radical (unpaired) electrons. The number of nitrogens with one attached hydrogen (secondary N) is 1. The molecule has 0 saturated heterocycles. The summed E-state index contributed by atoms with van der Waals surface area (Å²) in [5.74, 6) is -0.630. The fourth-order valence-corrected chi connectivity index (χ4v) is 5.54. The number of halogens is 1. The molecule has 2 aromatic rings. The third kappa shape index (κ3) is 6.88. The Morgan fingerprint density at radius 1 is 1.27 bits per heavy atom. The predicted octanol–water partition coefficient (Wildman–Crippen LogP) is 4.04. The molecule has 1 amide bonds. The maximum atomic E-state index is 13.3. The molecule has 1 atom stereocenters. The smallest absolute Gasteiger partial charge is 0.249 e. The second-order valence-electron chi connectivity index (χ2n) is 9.42. The molecule has 2 N–H and O–H groups in total. The molecule has 1 saturated carbocycles. The molecule has 1 aromatic heterocycles. The number of amides is 1. The van der Waals surface area contributed by atoms with E-state index in [9.17, 15) is 23.1 Å². The SMILES string of the molecule is CC(C)(O)CC(=O)n1ccc(NC(=O)C(CC2CCCC2)c2ccc(S(C)(=O)=O)c(Cl)c2)n1. The number of aliphatic hydroxyl groups is 1. The lowest BCUT2D eigenvalue weighted by atomic mass is 9.87. The number of hydrogen-bond acceptors (Lipinski definition) is 6. The molecule has 33 heavy (non-hydrogen) atoms. The van der Waals surface area contributed by atoms with Crippen LogP contribution in [0.2, 0.25) is 5.02 Å². The molecule has 1 heterocycles. The second kappa shape index (κ2) is 9.95. The molecule has 1 unspecified atom stereocenters. The van der Waals surface area contributed by atoms with Crippen LogP contribution in [0.4, 0.5) is 5.82 Å². The van der Waals surface area contributed by atoms with Crippen LogP contribution < -0.4 is 5.32 Å². The average Bonchev–Trinajstić information content (AvgIpc) is 3.35. The summed E-state index contributed by atoms with van der Waals surface area (Å²) >= 11 is 6.25. The van der Waals surface area contributed by atoms with E-state index in [0.29, 0.717) is 17.9 Å². The van der Waals surface area contributed by atoms with E-state index in [1.807, 2.05) is 0 Å². The van der Waals surface area contributed by atoms with Gasteiger partial charge in [0.25, 0.3) is 0 Å². The Bertz CT molecular complexity index is 1130. The highest BCUT2D eigenvalue weighted by Gasteiger charge is 2.28. The number of hydrogen-bond donors (Lipinski definition) is 2. The molecule has 0 bridgehead atoms. The van der Waals surface area contributed by atoms with E-state index in [-0.39, 0.29) is 28.1 Å². The van der Waals surface area contributed by atoms with Gasteiger partial charge in [-0.1, -0.05) is 43.4 Å². The van der Waals surface area contributed by atoms with E-state index >= 15 is 0 Å². The van der Waals surface area contributed by atoms with Crippen LogP contribution in [0.3, 0.4) is 0 Å². The van der Waals surface area contributed by atoms with Crippen LogP contribution in [-0.4, -0.2) is 47.0 Å². The standard InChI is InChI=1S/C23H30ClN3O5S/c1-23(2,30)14-21(28)27-11-10-20(26-27)25-22(29)17(12-15-6-4-5-7-15)16-8-9-19(18(24)13-16)33(3,31)32/h8-11,13,15,17,30H,4-7,12,14H2,1-3H3,(H,25,26,29). The van der Waals surface area contributed by atoms with Gasteiger partial charge in [0.15, 0.2) is 15.7 Å². The fourth-order valence-electron chi connectivity index (χ4n) is 4.20. The topological polar surface area (TPSA) is 118 Å². The number of anilines is 1. The van der Waals surface area contributed by atoms with Gasteiger partial charge in [-0.3, -0.25) is 9.59 Å². The van der Waals surface area contributed by atoms with E-state index in [1.54, 1.807) is 12.1 Å². The summed E-state index contributed by atoms with van der Waals surface area (Å²) < 4.78 is 24.9. The van der Waals surface area contributed by atoms with Crippen LogP contribution in [0.25, 0.3) is 0 Å². The molecule has 1 aliphatic rings. The number of aromatic nitrogens is 2. The molecular formula is C23H30ClN3O5S. The molecule has 180 valence electrons. The first-order chi connectivity index (χ1) is 15.3. The van der Waals surface area contributed by atoms with Gasteiger partial charge >= 0.3 is 0 Å². The highest BCUT2D eigenvalue weighted by molar-refractivity contribution is 7.90. The van der Waals surface area contributed by atoms with Crippen molar-refractivity contribution in [2.45, 2.75) is 68.8 Å². The number of nitrogens with zero attached hydrogens (tertiary/aromatic N) is 2. The van der Waals surface area contributed by atoms with Gasteiger partial charge in [0.1, 0.15) is 0 Å². The molecule has 0 aliphatic heterocycles. The maximum absolute atomic E-state index is 13.3. The van der Waals surface area contributed by atoms with E-state index in [1.165, 1.54) is 32.2 Å². The molecule has 1 aromatic carbocycles. The van der Waals surface area contributed by atoms with Gasteiger partial charge in [-0.2, -0.15) is 0 Å². The van der Waals surface area contributed by atoms with Crippen molar-refractivity contribution in [2.75, 3.05) is 11.6 Å². The van der Waals surface area contributed by atoms with Crippen molar-refractivity contribution in [2.24, 2.45) is 5.92 Å². The second-order valence-corrected chi connectivity index (χ2v) is 11.8. The highest BCUT2D eigenvalue weighted by atomic mass is 35.5. The Balaban J connectivity index is 1.82. The van der Waals surface area contributed by atoms with Gasteiger partial charge in [-0.05, 0) is 43.9 Å². The Kier molecular flexibility index (Phi) is 7.65. The van der Waals surface area contributed by atoms with Gasteiger partial charge < -0.3 is 10.4 Å². The van der Waals surface area contributed by atoms with Crippen molar-refractivity contribution in [3.05, 3.63) is 41.0 Å². The monoisotopic (exact) mass is 495 g/mol. The summed E-state index contributed by atoms with van der Waals surface area (Å²) in [4.78, 5) is 25.5. The van der Waals surface area contributed by atoms with Crippen LogP contribution in [0.1, 0.15) is 68.6 Å². The minimum absolute atomic E-state index is 0.0250. The Labute approximate surface area is 199 Å². The first-order valence-electron chi connectivity index (χ1n) is 10.9. The van der Waals surface area contributed by atoms with Crippen molar-refractivity contribution in [1.82, 2.24) is 9.78 Å². The van der Waals surface area contributed by atoms with Crippen LogP contribution >= 0.6 is 11.6 Å². The van der Waals surface area contributed by atoms with Crippen LogP contribution in [0, 0.1) is 5.92 Å². The molecule has 10 heteroatoms. The summed E-state index contributed by atoms with van der Waals surface area (Å²) in [6.45, 7) is 3.07. The van der Waals surface area contributed by atoms with Crippen molar-refractivity contribution >= 4 is 39.1 Å². The van der Waals surface area contributed by atoms with Gasteiger partial charge in [0.05, 0.1) is 27.9 Å². The summed E-state index contributed by atoms with van der Waals surface area (Å²) in [6, 6.07) is 6.13. The molecular weight excluding hydrogens is 466 g/mol. The lowest BCUT2D eigenvalue weighted by Gasteiger charge is -2.21. The van der Waals surface area contributed by atoms with Gasteiger partial charge in [0.2, 0.25) is 11.8 Å². The number of carbonyl (C=O) groups excluding carboxylic acids is 2. The number of carbonyl (C=O) groups is 2. The zero-order valence-electron chi connectivity index (χ0n) is 19.0. The molecule has 3 rings (SSSR count). The Hall–Kier alpha value is -2.23. The zero-order valence-corrected chi connectivity index (χ0v) is 20.6. The van der Waals surface area contributed by atoms with Crippen LogP contribution in [0.15, 0.2) is 35.4 Å². The lowest BCUT2D eigenvalue weighted by molar-refractivity contribution is -0.118. The number of sulfone groups is 1. The largest absolute Gasteiger partial charge is 0.390 e. The zero-order chi connectivity index (χ0) is 24.4. The summed E-state index contributed by atoms with van der Waals surface area (Å²) in [5.41, 5.74) is -0.537. The van der Waals surface area contributed by atoms with Crippen LogP contribution in [-0.2, 0) is 14.6 Å². The van der Waals surface area contributed by atoms with Gasteiger partial charge in [0, 0.05) is 18.5 Å². The minimum atomic E-state index is -3.48. The van der Waals surface area contributed by atoms with Crippen molar-refractivity contribution in [3.63, 3.8) is 0 Å². The van der Waals surface area contributed by atoms with E-state index < -0.39 is 27.3 Å². The number of benzene rings is 1. The van der Waals surface area contributed by atoms with Crippen molar-refractivity contribution < 1.29 is 23.1 Å². The van der Waals surface area contributed by atoms with E-state index in [2.05, 4.69) is 10.4 Å². The van der Waals surface area contributed by atoms with E-state index in [4.69, 9.17) is 11.6 Å². The minimum Gasteiger partial charge on any atom is -0.390 e. The molecule has 8 nitrogen and oxygen atoms in total. The quantitative estimate of drug-likeness (QED) is 0.570. The van der Waals surface area contributed by atoms with E-state index in [0.717, 1.165) is 36.6 Å². The Morgan fingerprint density at radius 3 is 2.52 bits per heavy atom. The van der Waals surface area contributed by atoms with Crippen molar-refractivity contribution in [1.29, 1.82) is 0 Å². The highest BCUT2D eigenvalue weighted by Crippen LogP contribution is 2.36. The normalized spacial score (nSPS) is 16.0. The maximum Gasteiger partial charge on any atom is 0.249 e. The van der Waals surface area contributed by atoms with Crippen molar-refractivity contribution in [3.8, 4) is 0 Å². The molecule has 1 fully saturated rings. The average molecular weight is 496 g/mol. The third-order valence-corrected chi connectivity index (χ3v) is 7.38. The van der Waals surface area contributed by atoms with Gasteiger partial charge in [-0.15, -0.1) is 5.10 Å². The fraction of sp³-hybridized carbons (Fsp3) is 0.522. The third-order valence-electron chi connectivity index (χ3n) is 5.80. The van der Waals surface area contributed by atoms with Gasteiger partial charge in [-0.25, -0.2) is 13.1 Å². The lowest BCUT2D eigenvalue weighted by Crippen LogP contribution is -2.27. The summed E-state index contributed by atoms with van der Waals surface area (Å²) in [7, 11) is -3.48. The van der Waals surface area contributed by atoms with Crippen LogP contribution in [0.5, 0.6) is 0 Å². The first kappa shape index (κ1) is 25.4.